The van der Waals surface area contributed by atoms with Gasteiger partial charge in [0.05, 0.1) is 12.4 Å². The van der Waals surface area contributed by atoms with Crippen molar-refractivity contribution in [2.45, 2.75) is 32.9 Å². The van der Waals surface area contributed by atoms with Gasteiger partial charge in [0, 0.05) is 18.9 Å². The zero-order valence-electron chi connectivity index (χ0n) is 14.0. The van der Waals surface area contributed by atoms with Gasteiger partial charge in [0.1, 0.15) is 5.66 Å². The van der Waals surface area contributed by atoms with Crippen molar-refractivity contribution >= 4 is 38.3 Å². The Morgan fingerprint density at radius 3 is 2.28 bits per heavy atom. The van der Waals surface area contributed by atoms with Crippen molar-refractivity contribution in [3.8, 4) is 0 Å². The van der Waals surface area contributed by atoms with E-state index in [0.717, 1.165) is 0 Å². The standard InChI is InChI=1S/C11H23NO10P2S/c1-8(13)12-5-4-6-25(19,20)21-7-11(2,3)9(10(14)15)23(16)22-24(17)18/h9,23-24H,4-7H2,1-3H3,(H,12,13)(H,14,15)(H,17,18)/t9-/m0/s1. The highest BCUT2D eigenvalue weighted by atomic mass is 32.2. The molecule has 0 radical (unpaired) electrons. The molecule has 0 rings (SSSR count). The zero-order chi connectivity index (χ0) is 19.8. The van der Waals surface area contributed by atoms with Gasteiger partial charge < -0.3 is 15.3 Å². The summed E-state index contributed by atoms with van der Waals surface area (Å²) in [6.45, 7) is 3.38. The molecule has 0 aliphatic carbocycles. The molecule has 2 unspecified atom stereocenters. The number of hydrogen-bond acceptors (Lipinski definition) is 8. The molecule has 1 amide bonds. The minimum absolute atomic E-state index is 0.0941. The SMILES string of the molecule is CC(=O)NCCCS(=O)(=O)OCC(C)(C)[C@H](C(=O)O)[PH](=O)O[PH](=O)O. The van der Waals surface area contributed by atoms with E-state index in [9.17, 15) is 32.2 Å². The molecule has 11 nitrogen and oxygen atoms in total. The van der Waals surface area contributed by atoms with Crippen LogP contribution >= 0.6 is 16.3 Å². The highest BCUT2D eigenvalue weighted by molar-refractivity contribution is 7.86. The molecule has 0 saturated carbocycles. The Hall–Kier alpha value is -0.770. The minimum Gasteiger partial charge on any atom is -0.481 e. The lowest BCUT2D eigenvalue weighted by Crippen LogP contribution is -2.38. The van der Waals surface area contributed by atoms with Crippen molar-refractivity contribution in [1.82, 2.24) is 5.32 Å². The normalized spacial score (nSPS) is 16.0. The van der Waals surface area contributed by atoms with Gasteiger partial charge >= 0.3 is 14.2 Å². The summed E-state index contributed by atoms with van der Waals surface area (Å²) in [7, 11) is -11.1. The lowest BCUT2D eigenvalue weighted by molar-refractivity contribution is -0.139. The van der Waals surface area contributed by atoms with Crippen LogP contribution in [0.25, 0.3) is 0 Å². The van der Waals surface area contributed by atoms with Gasteiger partial charge in [-0.2, -0.15) is 8.42 Å². The Morgan fingerprint density at radius 1 is 1.28 bits per heavy atom. The number of carbonyl (C=O) groups is 2. The van der Waals surface area contributed by atoms with Crippen LogP contribution in [-0.2, 0) is 37.3 Å². The van der Waals surface area contributed by atoms with Gasteiger partial charge in [-0.3, -0.25) is 27.2 Å². The van der Waals surface area contributed by atoms with Gasteiger partial charge in [-0.1, -0.05) is 13.8 Å². The fourth-order valence-corrected chi connectivity index (χ4v) is 4.98. The number of carboxylic acid groups (broad SMARTS) is 1. The molecule has 0 fully saturated rings. The van der Waals surface area contributed by atoms with Crippen molar-refractivity contribution in [2.24, 2.45) is 5.41 Å². The van der Waals surface area contributed by atoms with Crippen molar-refractivity contribution in [3.63, 3.8) is 0 Å². The third-order valence-electron chi connectivity index (χ3n) is 3.01. The summed E-state index contributed by atoms with van der Waals surface area (Å²) in [6.07, 6.45) is 0.0941. The molecule has 0 bridgehead atoms. The van der Waals surface area contributed by atoms with E-state index in [1.54, 1.807) is 0 Å². The van der Waals surface area contributed by atoms with Gasteiger partial charge in [0.2, 0.25) is 13.9 Å². The minimum atomic E-state index is -4.00. The fraction of sp³-hybridized carbons (Fsp3) is 0.818. The fourth-order valence-electron chi connectivity index (χ4n) is 1.80. The first-order valence-corrected chi connectivity index (χ1v) is 11.3. The Balaban J connectivity index is 4.85. The van der Waals surface area contributed by atoms with E-state index < -0.39 is 55.8 Å². The molecule has 0 aromatic rings. The molecule has 0 spiro atoms. The van der Waals surface area contributed by atoms with Crippen LogP contribution in [0.1, 0.15) is 27.2 Å². The summed E-state index contributed by atoms with van der Waals surface area (Å²) in [4.78, 5) is 30.6. The topological polar surface area (TPSA) is 173 Å². The van der Waals surface area contributed by atoms with Crippen LogP contribution in [0.5, 0.6) is 0 Å². The van der Waals surface area contributed by atoms with Crippen LogP contribution in [0.15, 0.2) is 0 Å². The second kappa shape index (κ2) is 10.4. The molecule has 0 aromatic heterocycles. The third-order valence-corrected chi connectivity index (χ3v) is 7.28. The Labute approximate surface area is 147 Å². The molecule has 0 heterocycles. The molecule has 14 heteroatoms. The van der Waals surface area contributed by atoms with Crippen LogP contribution in [0.3, 0.4) is 0 Å². The second-order valence-corrected chi connectivity index (χ2v) is 10.1. The van der Waals surface area contributed by atoms with Gasteiger partial charge in [0.25, 0.3) is 10.1 Å². The maximum Gasteiger partial charge on any atom is 0.322 e. The lowest BCUT2D eigenvalue weighted by Gasteiger charge is -2.29. The first-order chi connectivity index (χ1) is 11.3. The second-order valence-electron chi connectivity index (χ2n) is 5.81. The van der Waals surface area contributed by atoms with Crippen molar-refractivity contribution in [3.05, 3.63) is 0 Å². The Kier molecular flexibility index (Phi) is 10.1. The monoisotopic (exact) mass is 423 g/mol. The number of carbonyl (C=O) groups excluding carboxylic acids is 1. The summed E-state index contributed by atoms with van der Waals surface area (Å²) in [5.41, 5.74) is -3.17. The maximum absolute atomic E-state index is 11.8. The predicted octanol–water partition coefficient (Wildman–Crippen LogP) is 0.212. The molecule has 0 aromatic carbocycles. The number of rotatable bonds is 12. The highest BCUT2D eigenvalue weighted by Crippen LogP contribution is 2.47. The number of hydrogen-bond donors (Lipinski definition) is 3. The van der Waals surface area contributed by atoms with Gasteiger partial charge in [-0.05, 0) is 6.42 Å². The molecule has 148 valence electrons. The van der Waals surface area contributed by atoms with E-state index in [0.29, 0.717) is 0 Å². The van der Waals surface area contributed by atoms with E-state index >= 15 is 0 Å². The van der Waals surface area contributed by atoms with Crippen LogP contribution in [-0.4, -0.2) is 54.9 Å². The quantitative estimate of drug-likeness (QED) is 0.224. The lowest BCUT2D eigenvalue weighted by atomic mass is 9.90. The molecule has 25 heavy (non-hydrogen) atoms. The van der Waals surface area contributed by atoms with Crippen molar-refractivity contribution in [2.75, 3.05) is 18.9 Å². The molecule has 0 saturated heterocycles. The summed E-state index contributed by atoms with van der Waals surface area (Å²) >= 11 is 0. The highest BCUT2D eigenvalue weighted by Gasteiger charge is 2.42. The average molecular weight is 423 g/mol. The van der Waals surface area contributed by atoms with E-state index in [1.165, 1.54) is 20.8 Å². The molecular formula is C11H23NO10P2S. The van der Waals surface area contributed by atoms with Crippen molar-refractivity contribution < 1.29 is 45.6 Å². The van der Waals surface area contributed by atoms with Crippen LogP contribution < -0.4 is 5.32 Å². The molecular weight excluding hydrogens is 400 g/mol. The molecule has 3 atom stereocenters. The van der Waals surface area contributed by atoms with E-state index in [1.807, 2.05) is 0 Å². The van der Waals surface area contributed by atoms with Crippen LogP contribution in [0.4, 0.5) is 0 Å². The van der Waals surface area contributed by atoms with Crippen molar-refractivity contribution in [1.29, 1.82) is 0 Å². The first-order valence-electron chi connectivity index (χ1n) is 7.07. The van der Waals surface area contributed by atoms with Crippen LogP contribution in [0, 0.1) is 5.41 Å². The first kappa shape index (κ1) is 24.2. The average Bonchev–Trinajstić information content (AvgIpc) is 2.40. The summed E-state index contributed by atoms with van der Waals surface area (Å²) in [5.74, 6) is -2.28. The largest absolute Gasteiger partial charge is 0.481 e. The van der Waals surface area contributed by atoms with Crippen LogP contribution in [0.2, 0.25) is 0 Å². The smallest absolute Gasteiger partial charge is 0.322 e. The third kappa shape index (κ3) is 10.1. The van der Waals surface area contributed by atoms with Gasteiger partial charge in [-0.15, -0.1) is 0 Å². The predicted molar refractivity (Wildman–Crippen MR) is 89.6 cm³/mol. The molecule has 0 aliphatic rings. The zero-order valence-corrected chi connectivity index (χ0v) is 16.8. The van der Waals surface area contributed by atoms with E-state index in [4.69, 9.17) is 9.08 Å². The Morgan fingerprint density at radius 2 is 1.84 bits per heavy atom. The molecule has 0 aliphatic heterocycles. The maximum atomic E-state index is 11.8. The molecule has 3 N–H and O–H groups in total. The summed E-state index contributed by atoms with van der Waals surface area (Å²) in [5, 5.41) is 11.6. The van der Waals surface area contributed by atoms with E-state index in [2.05, 4.69) is 9.63 Å². The summed E-state index contributed by atoms with van der Waals surface area (Å²) < 4.78 is 55.0. The van der Waals surface area contributed by atoms with Gasteiger partial charge in [0.15, 0.2) is 0 Å². The Bertz CT molecular complexity index is 633. The van der Waals surface area contributed by atoms with E-state index in [-0.39, 0.29) is 18.9 Å². The van der Waals surface area contributed by atoms with Gasteiger partial charge in [-0.25, -0.2) is 0 Å². The number of aliphatic carboxylic acids is 1. The number of nitrogens with one attached hydrogen (secondary N) is 1. The summed E-state index contributed by atoms with van der Waals surface area (Å²) in [6, 6.07) is 0. The number of carboxylic acids is 1. The number of amides is 1.